The van der Waals surface area contributed by atoms with Crippen molar-refractivity contribution in [3.05, 3.63) is 68.8 Å². The van der Waals surface area contributed by atoms with E-state index in [1.165, 1.54) is 30.3 Å². The largest absolute Gasteiger partial charge is 0.300 e. The van der Waals surface area contributed by atoms with Crippen LogP contribution in [0.5, 0.6) is 0 Å². The average Bonchev–Trinajstić information content (AvgIpc) is 2.45. The van der Waals surface area contributed by atoms with Gasteiger partial charge in [-0.3, -0.25) is 25.7 Å². The van der Waals surface area contributed by atoms with E-state index in [9.17, 15) is 20.2 Å². The molecule has 2 N–H and O–H groups in total. The molecule has 0 heterocycles. The van der Waals surface area contributed by atoms with Gasteiger partial charge in [0.25, 0.3) is 11.4 Å². The van der Waals surface area contributed by atoms with Gasteiger partial charge in [0.05, 0.1) is 15.5 Å². The monoisotopic (exact) mass is 274 g/mol. The van der Waals surface area contributed by atoms with E-state index in [2.05, 4.69) is 10.9 Å². The van der Waals surface area contributed by atoms with Crippen LogP contribution >= 0.6 is 0 Å². The van der Waals surface area contributed by atoms with Gasteiger partial charge in [-0.05, 0) is 12.1 Å². The maximum absolute atomic E-state index is 10.8. The summed E-state index contributed by atoms with van der Waals surface area (Å²) in [6, 6.07) is 11.9. The first kappa shape index (κ1) is 13.3. The topological polar surface area (TPSA) is 110 Å². The van der Waals surface area contributed by atoms with Crippen molar-refractivity contribution in [2.24, 2.45) is 0 Å². The van der Waals surface area contributed by atoms with Crippen molar-refractivity contribution in [3.63, 3.8) is 0 Å². The van der Waals surface area contributed by atoms with E-state index in [0.717, 1.165) is 0 Å². The van der Waals surface area contributed by atoms with Gasteiger partial charge >= 0.3 is 0 Å². The van der Waals surface area contributed by atoms with E-state index in [1.54, 1.807) is 18.2 Å². The minimum absolute atomic E-state index is 0.0700. The summed E-state index contributed by atoms with van der Waals surface area (Å²) in [5.74, 6) is 0. The number of nitrogens with zero attached hydrogens (tertiary/aromatic N) is 2. The van der Waals surface area contributed by atoms with E-state index in [1.807, 2.05) is 0 Å². The van der Waals surface area contributed by atoms with Crippen LogP contribution in [0.25, 0.3) is 0 Å². The summed E-state index contributed by atoms with van der Waals surface area (Å²) in [6.45, 7) is 0. The number of para-hydroxylation sites is 2. The molecule has 2 aromatic rings. The number of hydrogen-bond acceptors (Lipinski definition) is 6. The number of benzene rings is 2. The fourth-order valence-corrected chi connectivity index (χ4v) is 1.58. The molecule has 0 spiro atoms. The highest BCUT2D eigenvalue weighted by atomic mass is 16.6. The van der Waals surface area contributed by atoms with Crippen molar-refractivity contribution in [1.82, 2.24) is 0 Å². The summed E-state index contributed by atoms with van der Waals surface area (Å²) in [4.78, 5) is 20.4. The number of nitro groups is 2. The van der Waals surface area contributed by atoms with Crippen LogP contribution in [0, 0.1) is 20.2 Å². The second-order valence-corrected chi connectivity index (χ2v) is 3.83. The van der Waals surface area contributed by atoms with Gasteiger partial charge in [0.15, 0.2) is 0 Å². The van der Waals surface area contributed by atoms with Crippen LogP contribution < -0.4 is 10.9 Å². The van der Waals surface area contributed by atoms with Crippen LogP contribution in [0.15, 0.2) is 48.5 Å². The Morgan fingerprint density at radius 2 is 1.60 bits per heavy atom. The molecule has 0 bridgehead atoms. The first-order chi connectivity index (χ1) is 9.58. The number of nitrogens with one attached hydrogen (secondary N) is 2. The van der Waals surface area contributed by atoms with Gasteiger partial charge in [-0.2, -0.15) is 0 Å². The number of rotatable bonds is 5. The Morgan fingerprint density at radius 3 is 2.30 bits per heavy atom. The fourth-order valence-electron chi connectivity index (χ4n) is 1.58. The Balaban J connectivity index is 2.15. The molecule has 0 atom stereocenters. The predicted octanol–water partition coefficient (Wildman–Crippen LogP) is 2.94. The smallest absolute Gasteiger partial charge is 0.294 e. The Hall–Kier alpha value is -3.16. The van der Waals surface area contributed by atoms with Crippen molar-refractivity contribution < 1.29 is 9.85 Å². The molecule has 0 aromatic heterocycles. The van der Waals surface area contributed by atoms with Crippen molar-refractivity contribution >= 4 is 22.7 Å². The standard InChI is InChI=1S/C12H10N4O4/c17-15(18)10-5-3-4-9(8-10)13-14-11-6-1-2-7-12(11)16(19)20/h1-8,13-14H. The molecular weight excluding hydrogens is 264 g/mol. The zero-order chi connectivity index (χ0) is 14.5. The molecule has 0 aliphatic rings. The molecule has 0 aliphatic heterocycles. The summed E-state index contributed by atoms with van der Waals surface area (Å²) in [5, 5.41) is 21.5. The Kier molecular flexibility index (Phi) is 3.75. The minimum atomic E-state index is -0.518. The maximum Gasteiger partial charge on any atom is 0.294 e. The molecule has 8 nitrogen and oxygen atoms in total. The highest BCUT2D eigenvalue weighted by Crippen LogP contribution is 2.24. The molecule has 20 heavy (non-hydrogen) atoms. The summed E-state index contributed by atoms with van der Waals surface area (Å²) in [5.41, 5.74) is 5.89. The lowest BCUT2D eigenvalue weighted by atomic mass is 10.3. The average molecular weight is 274 g/mol. The maximum atomic E-state index is 10.8. The van der Waals surface area contributed by atoms with Gasteiger partial charge in [-0.25, -0.2) is 0 Å². The molecule has 0 saturated heterocycles. The first-order valence-corrected chi connectivity index (χ1v) is 5.58. The molecule has 0 unspecified atom stereocenters. The molecule has 0 fully saturated rings. The molecule has 0 radical (unpaired) electrons. The Morgan fingerprint density at radius 1 is 0.850 bits per heavy atom. The second-order valence-electron chi connectivity index (χ2n) is 3.83. The predicted molar refractivity (Wildman–Crippen MR) is 73.4 cm³/mol. The number of nitro benzene ring substituents is 2. The first-order valence-electron chi connectivity index (χ1n) is 5.58. The van der Waals surface area contributed by atoms with Crippen LogP contribution in [0.3, 0.4) is 0 Å². The SMILES string of the molecule is O=[N+]([O-])c1cccc(NNc2ccccc2[N+](=O)[O-])c1. The zero-order valence-electron chi connectivity index (χ0n) is 10.1. The molecule has 0 aliphatic carbocycles. The van der Waals surface area contributed by atoms with Crippen molar-refractivity contribution in [2.45, 2.75) is 0 Å². The third kappa shape index (κ3) is 2.99. The van der Waals surface area contributed by atoms with Crippen molar-refractivity contribution in [3.8, 4) is 0 Å². The number of non-ortho nitro benzene ring substituents is 1. The van der Waals surface area contributed by atoms with E-state index >= 15 is 0 Å². The normalized spacial score (nSPS) is 9.80. The number of hydrazine groups is 1. The third-order valence-corrected chi connectivity index (χ3v) is 2.50. The molecule has 102 valence electrons. The lowest BCUT2D eigenvalue weighted by molar-refractivity contribution is -0.384. The summed E-state index contributed by atoms with van der Waals surface area (Å²) in [6.07, 6.45) is 0. The number of hydrogen-bond donors (Lipinski definition) is 2. The quantitative estimate of drug-likeness (QED) is 0.640. The lowest BCUT2D eigenvalue weighted by Crippen LogP contribution is -2.10. The van der Waals surface area contributed by atoms with Gasteiger partial charge in [0, 0.05) is 18.2 Å². The van der Waals surface area contributed by atoms with Gasteiger partial charge in [0.1, 0.15) is 5.69 Å². The van der Waals surface area contributed by atoms with Crippen LogP contribution in [0.4, 0.5) is 22.7 Å². The summed E-state index contributed by atoms with van der Waals surface area (Å²) >= 11 is 0. The fraction of sp³-hybridized carbons (Fsp3) is 0. The van der Waals surface area contributed by atoms with Crippen LogP contribution in [-0.2, 0) is 0 Å². The van der Waals surface area contributed by atoms with E-state index in [-0.39, 0.29) is 17.1 Å². The summed E-state index contributed by atoms with van der Waals surface area (Å²) in [7, 11) is 0. The molecule has 0 saturated carbocycles. The lowest BCUT2D eigenvalue weighted by Gasteiger charge is -2.09. The molecule has 8 heteroatoms. The molecule has 2 aromatic carbocycles. The van der Waals surface area contributed by atoms with Crippen LogP contribution in [0.1, 0.15) is 0 Å². The Bertz CT molecular complexity index is 659. The van der Waals surface area contributed by atoms with Crippen molar-refractivity contribution in [2.75, 3.05) is 10.9 Å². The number of anilines is 2. The second kappa shape index (κ2) is 5.65. The summed E-state index contributed by atoms with van der Waals surface area (Å²) < 4.78 is 0. The van der Waals surface area contributed by atoms with Crippen LogP contribution in [0.2, 0.25) is 0 Å². The zero-order valence-corrected chi connectivity index (χ0v) is 10.1. The molecular formula is C12H10N4O4. The van der Waals surface area contributed by atoms with Gasteiger partial charge in [-0.1, -0.05) is 18.2 Å². The van der Waals surface area contributed by atoms with Crippen molar-refractivity contribution in [1.29, 1.82) is 0 Å². The van der Waals surface area contributed by atoms with E-state index < -0.39 is 9.85 Å². The molecule has 2 rings (SSSR count). The minimum Gasteiger partial charge on any atom is -0.300 e. The highest BCUT2D eigenvalue weighted by Gasteiger charge is 2.12. The van der Waals surface area contributed by atoms with Gasteiger partial charge in [-0.15, -0.1) is 0 Å². The van der Waals surface area contributed by atoms with E-state index in [4.69, 9.17) is 0 Å². The van der Waals surface area contributed by atoms with Crippen LogP contribution in [-0.4, -0.2) is 9.85 Å². The third-order valence-electron chi connectivity index (χ3n) is 2.50. The van der Waals surface area contributed by atoms with E-state index in [0.29, 0.717) is 5.69 Å². The Labute approximate surface area is 113 Å². The highest BCUT2D eigenvalue weighted by molar-refractivity contribution is 5.64. The van der Waals surface area contributed by atoms with Gasteiger partial charge < -0.3 is 5.43 Å². The van der Waals surface area contributed by atoms with Gasteiger partial charge in [0.2, 0.25) is 0 Å². The molecule has 0 amide bonds.